The summed E-state index contributed by atoms with van der Waals surface area (Å²) in [4.78, 5) is 54.5. The Morgan fingerprint density at radius 3 is 1.45 bits per heavy atom. The first-order valence-corrected chi connectivity index (χ1v) is 28.4. The van der Waals surface area contributed by atoms with Crippen molar-refractivity contribution in [3.63, 3.8) is 0 Å². The number of carbonyl (C=O) groups excluding carboxylic acids is 4. The highest BCUT2D eigenvalue weighted by Crippen LogP contribution is 2.33. The van der Waals surface area contributed by atoms with Crippen molar-refractivity contribution >= 4 is 23.7 Å². The normalized spacial score (nSPS) is 15.3. The lowest BCUT2D eigenvalue weighted by Gasteiger charge is -2.36. The predicted molar refractivity (Wildman–Crippen MR) is 274 cm³/mol. The van der Waals surface area contributed by atoms with E-state index >= 15 is 0 Å². The molecule has 9 nitrogen and oxygen atoms in total. The molecule has 9 heteroatoms. The maximum absolute atomic E-state index is 13.5. The highest BCUT2D eigenvalue weighted by molar-refractivity contribution is 5.78. The standard InChI is InChI=1S/C57H107NO8/c1-7-11-15-19-20-21-22-23-27-29-37-52(66-56(62)57(5)42-44-58(6)45-43-57)39-34-46-63-54(60)41-33-32-35-50(49-65-55(61)40-31-26-18-14-10-4)48-64-53(38-30-25-17-13-9-3)47-51(59)36-28-24-16-12-8-2/h50,52-53H,7-49H2,1-6H3. The second-order valence-corrected chi connectivity index (χ2v) is 20.7. The SMILES string of the molecule is CCCCCCCCCCCCC(CCCOC(=O)CCCCC(COC(=O)CCCCCCC)COC(CCCCCCC)CC(=O)CCCCCCC)OC(=O)C1(C)CCN(C)CC1. The van der Waals surface area contributed by atoms with E-state index in [-0.39, 0.29) is 36.0 Å². The van der Waals surface area contributed by atoms with Gasteiger partial charge >= 0.3 is 17.9 Å². The zero-order valence-electron chi connectivity index (χ0n) is 44.4. The van der Waals surface area contributed by atoms with Crippen molar-refractivity contribution in [3.8, 4) is 0 Å². The zero-order valence-corrected chi connectivity index (χ0v) is 44.4. The number of hydrogen-bond donors (Lipinski definition) is 0. The van der Waals surface area contributed by atoms with E-state index in [1.165, 1.54) is 103 Å². The average molecular weight is 934 g/mol. The van der Waals surface area contributed by atoms with Crippen LogP contribution in [-0.4, -0.2) is 80.8 Å². The van der Waals surface area contributed by atoms with E-state index in [0.717, 1.165) is 109 Å². The van der Waals surface area contributed by atoms with Gasteiger partial charge in [-0.25, -0.2) is 0 Å². The van der Waals surface area contributed by atoms with Gasteiger partial charge in [-0.2, -0.15) is 0 Å². The number of unbranched alkanes of at least 4 members (excludes halogenated alkanes) is 22. The lowest BCUT2D eigenvalue weighted by atomic mass is 9.80. The first-order valence-electron chi connectivity index (χ1n) is 28.4. The van der Waals surface area contributed by atoms with E-state index in [4.69, 9.17) is 18.9 Å². The molecule has 3 atom stereocenters. The monoisotopic (exact) mass is 934 g/mol. The topological polar surface area (TPSA) is 108 Å². The summed E-state index contributed by atoms with van der Waals surface area (Å²) in [5.41, 5.74) is -0.433. The minimum atomic E-state index is -0.433. The van der Waals surface area contributed by atoms with Crippen LogP contribution in [0.3, 0.4) is 0 Å². The number of likely N-dealkylation sites (tertiary alicyclic amines) is 1. The lowest BCUT2D eigenvalue weighted by molar-refractivity contribution is -0.164. The van der Waals surface area contributed by atoms with Crippen molar-refractivity contribution in [1.82, 2.24) is 4.90 Å². The van der Waals surface area contributed by atoms with Gasteiger partial charge in [-0.05, 0) is 97.7 Å². The van der Waals surface area contributed by atoms with E-state index < -0.39 is 5.41 Å². The molecule has 0 saturated carbocycles. The Labute approximate surface area is 407 Å². The molecule has 1 saturated heterocycles. The highest BCUT2D eigenvalue weighted by atomic mass is 16.5. The molecule has 0 aromatic rings. The Morgan fingerprint density at radius 1 is 0.485 bits per heavy atom. The van der Waals surface area contributed by atoms with E-state index in [9.17, 15) is 19.2 Å². The molecule has 0 bridgehead atoms. The van der Waals surface area contributed by atoms with Gasteiger partial charge in [0.25, 0.3) is 0 Å². The summed E-state index contributed by atoms with van der Waals surface area (Å²) >= 11 is 0. The molecule has 0 N–H and O–H groups in total. The molecule has 1 fully saturated rings. The van der Waals surface area contributed by atoms with Crippen LogP contribution in [0.2, 0.25) is 0 Å². The first-order chi connectivity index (χ1) is 32.1. The maximum Gasteiger partial charge on any atom is 0.312 e. The van der Waals surface area contributed by atoms with Crippen LogP contribution in [0.4, 0.5) is 0 Å². The third-order valence-electron chi connectivity index (χ3n) is 14.1. The van der Waals surface area contributed by atoms with Crippen molar-refractivity contribution < 1.29 is 38.1 Å². The fourth-order valence-corrected chi connectivity index (χ4v) is 9.15. The van der Waals surface area contributed by atoms with E-state index in [0.29, 0.717) is 70.5 Å². The lowest BCUT2D eigenvalue weighted by Crippen LogP contribution is -2.42. The Morgan fingerprint density at radius 2 is 0.909 bits per heavy atom. The summed E-state index contributed by atoms with van der Waals surface area (Å²) in [6, 6.07) is 0. The van der Waals surface area contributed by atoms with Crippen LogP contribution >= 0.6 is 0 Å². The zero-order chi connectivity index (χ0) is 48.4. The number of ketones is 1. The molecule has 0 aromatic carbocycles. The summed E-state index contributed by atoms with van der Waals surface area (Å²) in [5.74, 6) is -0.116. The van der Waals surface area contributed by atoms with Gasteiger partial charge in [-0.15, -0.1) is 0 Å². The third kappa shape index (κ3) is 35.2. The summed E-state index contributed by atoms with van der Waals surface area (Å²) in [6.07, 6.45) is 38.2. The number of esters is 3. The molecule has 1 aliphatic heterocycles. The van der Waals surface area contributed by atoms with Crippen LogP contribution in [0.25, 0.3) is 0 Å². The van der Waals surface area contributed by atoms with Crippen LogP contribution in [0.15, 0.2) is 0 Å². The molecule has 0 aliphatic carbocycles. The quantitative estimate of drug-likeness (QED) is 0.0335. The van der Waals surface area contributed by atoms with Crippen molar-refractivity contribution in [2.45, 2.75) is 291 Å². The number of piperidine rings is 1. The largest absolute Gasteiger partial charge is 0.466 e. The molecule has 1 aliphatic rings. The van der Waals surface area contributed by atoms with E-state index in [1.54, 1.807) is 0 Å². The van der Waals surface area contributed by atoms with Crippen molar-refractivity contribution in [3.05, 3.63) is 0 Å². The van der Waals surface area contributed by atoms with Gasteiger partial charge < -0.3 is 23.8 Å². The fourth-order valence-electron chi connectivity index (χ4n) is 9.15. The minimum Gasteiger partial charge on any atom is -0.466 e. The van der Waals surface area contributed by atoms with Crippen LogP contribution in [-0.2, 0) is 38.1 Å². The molecule has 1 heterocycles. The number of nitrogens with zero attached hydrogens (tertiary/aromatic N) is 1. The minimum absolute atomic E-state index is 0.00349. The van der Waals surface area contributed by atoms with Gasteiger partial charge in [0, 0.05) is 31.6 Å². The average Bonchev–Trinajstić information content (AvgIpc) is 3.30. The Balaban J connectivity index is 2.70. The molecule has 0 aromatic heterocycles. The number of Topliss-reactive ketones (excluding diaryl/α,β-unsaturated/α-hetero) is 1. The van der Waals surface area contributed by atoms with Crippen LogP contribution < -0.4 is 0 Å². The van der Waals surface area contributed by atoms with Crippen molar-refractivity contribution in [2.24, 2.45) is 11.3 Å². The molecule has 0 radical (unpaired) electrons. The molecular weight excluding hydrogens is 827 g/mol. The summed E-state index contributed by atoms with van der Waals surface area (Å²) < 4.78 is 24.3. The van der Waals surface area contributed by atoms with Gasteiger partial charge in [0.1, 0.15) is 11.9 Å². The molecule has 3 unspecified atom stereocenters. The summed E-state index contributed by atoms with van der Waals surface area (Å²) in [5, 5.41) is 0. The second-order valence-electron chi connectivity index (χ2n) is 20.7. The first kappa shape index (κ1) is 62.0. The van der Waals surface area contributed by atoms with Crippen molar-refractivity contribution in [1.29, 1.82) is 0 Å². The number of hydrogen-bond acceptors (Lipinski definition) is 9. The molecule has 388 valence electrons. The summed E-state index contributed by atoms with van der Waals surface area (Å²) in [6.45, 7) is 13.8. The van der Waals surface area contributed by atoms with Gasteiger partial charge in [-0.1, -0.05) is 175 Å². The smallest absolute Gasteiger partial charge is 0.312 e. The predicted octanol–water partition coefficient (Wildman–Crippen LogP) is 15.4. The van der Waals surface area contributed by atoms with Crippen LogP contribution in [0, 0.1) is 11.3 Å². The Hall–Kier alpha value is -2.00. The Bertz CT molecular complexity index is 1170. The number of carbonyl (C=O) groups is 4. The molecule has 0 amide bonds. The molecule has 66 heavy (non-hydrogen) atoms. The van der Waals surface area contributed by atoms with Gasteiger partial charge in [0.05, 0.1) is 31.3 Å². The van der Waals surface area contributed by atoms with Crippen molar-refractivity contribution in [2.75, 3.05) is 40.0 Å². The Kier molecular flexibility index (Phi) is 40.5. The highest BCUT2D eigenvalue weighted by Gasteiger charge is 2.38. The molecular formula is C57H107NO8. The summed E-state index contributed by atoms with van der Waals surface area (Å²) in [7, 11) is 2.11. The van der Waals surface area contributed by atoms with Gasteiger partial charge in [0.15, 0.2) is 0 Å². The van der Waals surface area contributed by atoms with E-state index in [2.05, 4.69) is 46.6 Å². The third-order valence-corrected chi connectivity index (χ3v) is 14.1. The number of rotatable bonds is 47. The molecule has 1 rings (SSSR count). The van der Waals surface area contributed by atoms with E-state index in [1.807, 2.05) is 0 Å². The fraction of sp³-hybridized carbons (Fsp3) is 0.930. The van der Waals surface area contributed by atoms with Gasteiger partial charge in [0.2, 0.25) is 0 Å². The van der Waals surface area contributed by atoms with Crippen LogP contribution in [0.1, 0.15) is 279 Å². The number of ether oxygens (including phenoxy) is 4. The maximum atomic E-state index is 13.5. The second kappa shape index (κ2) is 43.1. The van der Waals surface area contributed by atoms with Crippen LogP contribution in [0.5, 0.6) is 0 Å². The van der Waals surface area contributed by atoms with Gasteiger partial charge in [-0.3, -0.25) is 19.2 Å². The molecule has 0 spiro atoms.